The lowest BCUT2D eigenvalue weighted by atomic mass is 9.84. The molecular formula is C42H27NO. The average Bonchev–Trinajstić information content (AvgIpc) is 3.70. The lowest BCUT2D eigenvalue weighted by Crippen LogP contribution is -2.33. The van der Waals surface area contributed by atoms with Crippen molar-refractivity contribution in [3.63, 3.8) is 0 Å². The number of allylic oxidation sites excluding steroid dienone is 5. The summed E-state index contributed by atoms with van der Waals surface area (Å²) >= 11 is 0. The molecule has 2 unspecified atom stereocenters. The molecule has 0 amide bonds. The third-order valence-electron chi connectivity index (χ3n) is 10.5. The van der Waals surface area contributed by atoms with Crippen LogP contribution in [0.4, 0.5) is 0 Å². The zero-order chi connectivity index (χ0) is 28.5. The molecule has 2 heteroatoms. The molecule has 0 fully saturated rings. The molecule has 3 aliphatic carbocycles. The van der Waals surface area contributed by atoms with E-state index in [-0.39, 0.29) is 0 Å². The Labute approximate surface area is 253 Å². The van der Waals surface area contributed by atoms with E-state index in [1.165, 1.54) is 81.4 Å². The van der Waals surface area contributed by atoms with E-state index in [2.05, 4.69) is 132 Å². The summed E-state index contributed by atoms with van der Waals surface area (Å²) in [6.45, 7) is 0. The van der Waals surface area contributed by atoms with Crippen LogP contribution < -0.4 is 10.6 Å². The quantitative estimate of drug-likeness (QED) is 0.195. The Balaban J connectivity index is 1.12. The summed E-state index contributed by atoms with van der Waals surface area (Å²) in [5.74, 6) is 1.95. The number of para-hydroxylation sites is 1. The van der Waals surface area contributed by atoms with E-state index in [0.29, 0.717) is 11.8 Å². The maximum absolute atomic E-state index is 6.37. The van der Waals surface area contributed by atoms with E-state index < -0.39 is 0 Å². The average molecular weight is 562 g/mol. The fourth-order valence-electron chi connectivity index (χ4n) is 8.34. The predicted molar refractivity (Wildman–Crippen MR) is 184 cm³/mol. The first kappa shape index (κ1) is 23.2. The number of furan rings is 1. The van der Waals surface area contributed by atoms with E-state index in [0.717, 1.165) is 24.2 Å². The monoisotopic (exact) mass is 561 g/mol. The Bertz CT molecular complexity index is 2780. The number of benzene rings is 5. The summed E-state index contributed by atoms with van der Waals surface area (Å²) in [5.41, 5.74) is 7.56. The molecule has 0 N–H and O–H groups in total. The van der Waals surface area contributed by atoms with Crippen LogP contribution in [-0.2, 0) is 6.42 Å². The molecule has 3 aromatic heterocycles. The highest BCUT2D eigenvalue weighted by molar-refractivity contribution is 6.17. The first-order valence-corrected chi connectivity index (χ1v) is 15.7. The van der Waals surface area contributed by atoms with Crippen LogP contribution in [0.3, 0.4) is 0 Å². The second kappa shape index (κ2) is 8.18. The van der Waals surface area contributed by atoms with Gasteiger partial charge >= 0.3 is 0 Å². The molecule has 44 heavy (non-hydrogen) atoms. The van der Waals surface area contributed by atoms with Crippen molar-refractivity contribution in [2.75, 3.05) is 0 Å². The van der Waals surface area contributed by atoms with Crippen molar-refractivity contribution < 1.29 is 4.42 Å². The maximum atomic E-state index is 6.37. The summed E-state index contributed by atoms with van der Waals surface area (Å²) in [4.78, 5) is 0. The number of nitrogens with zero attached hydrogens (tertiary/aromatic N) is 1. The Hall–Kier alpha value is -5.34. The van der Waals surface area contributed by atoms with Gasteiger partial charge in [-0.05, 0) is 75.5 Å². The van der Waals surface area contributed by atoms with Gasteiger partial charge in [-0.3, -0.25) is 0 Å². The first-order valence-electron chi connectivity index (χ1n) is 15.7. The fourth-order valence-corrected chi connectivity index (χ4v) is 8.34. The van der Waals surface area contributed by atoms with Gasteiger partial charge in [0.05, 0.1) is 16.4 Å². The smallest absolute Gasteiger partial charge is 0.135 e. The molecule has 0 saturated heterocycles. The van der Waals surface area contributed by atoms with Crippen molar-refractivity contribution in [2.45, 2.75) is 12.8 Å². The lowest BCUT2D eigenvalue weighted by molar-refractivity contribution is 0.548. The molecular weight excluding hydrogens is 534 g/mol. The summed E-state index contributed by atoms with van der Waals surface area (Å²) in [6.07, 6.45) is 18.3. The minimum Gasteiger partial charge on any atom is -0.460 e. The van der Waals surface area contributed by atoms with Crippen molar-refractivity contribution in [2.24, 2.45) is 11.8 Å². The molecule has 8 aromatic rings. The van der Waals surface area contributed by atoms with Crippen molar-refractivity contribution in [1.82, 2.24) is 4.40 Å². The summed E-state index contributed by atoms with van der Waals surface area (Å²) < 4.78 is 8.91. The second-order valence-electron chi connectivity index (χ2n) is 12.8. The predicted octanol–water partition coefficient (Wildman–Crippen LogP) is 9.16. The summed E-state index contributed by atoms with van der Waals surface area (Å²) in [5, 5.41) is 13.0. The van der Waals surface area contributed by atoms with Gasteiger partial charge in [-0.25, -0.2) is 0 Å². The molecule has 0 bridgehead atoms. The highest BCUT2D eigenvalue weighted by Crippen LogP contribution is 2.40. The first-order chi connectivity index (χ1) is 21.8. The minimum absolute atomic E-state index is 0.410. The van der Waals surface area contributed by atoms with Gasteiger partial charge in [0.2, 0.25) is 0 Å². The topological polar surface area (TPSA) is 17.6 Å². The molecule has 0 aliphatic heterocycles. The molecule has 0 saturated carbocycles. The highest BCUT2D eigenvalue weighted by Gasteiger charge is 2.24. The van der Waals surface area contributed by atoms with E-state index in [9.17, 15) is 0 Å². The molecule has 3 aliphatic rings. The largest absolute Gasteiger partial charge is 0.460 e. The van der Waals surface area contributed by atoms with Crippen molar-refractivity contribution in [3.05, 3.63) is 137 Å². The molecule has 0 radical (unpaired) electrons. The van der Waals surface area contributed by atoms with Crippen LogP contribution in [0.5, 0.6) is 0 Å². The van der Waals surface area contributed by atoms with Crippen LogP contribution in [0.1, 0.15) is 23.3 Å². The minimum atomic E-state index is 0.410. The van der Waals surface area contributed by atoms with Gasteiger partial charge in [-0.2, -0.15) is 0 Å². The molecule has 2 atom stereocenters. The maximum Gasteiger partial charge on any atom is 0.135 e. The van der Waals surface area contributed by atoms with Gasteiger partial charge in [0, 0.05) is 50.6 Å². The number of aromatic nitrogens is 1. The molecule has 206 valence electrons. The third kappa shape index (κ3) is 3.00. The Morgan fingerprint density at radius 2 is 1.43 bits per heavy atom. The van der Waals surface area contributed by atoms with Crippen LogP contribution in [0, 0.1) is 11.8 Å². The molecule has 5 aromatic carbocycles. The Morgan fingerprint density at radius 1 is 0.636 bits per heavy atom. The zero-order valence-electron chi connectivity index (χ0n) is 24.0. The number of rotatable bonds is 1. The van der Waals surface area contributed by atoms with Gasteiger partial charge in [0.25, 0.3) is 0 Å². The van der Waals surface area contributed by atoms with Crippen LogP contribution >= 0.6 is 0 Å². The summed E-state index contributed by atoms with van der Waals surface area (Å²) in [6, 6.07) is 31.7. The number of fused-ring (bicyclic) bond motifs is 12. The van der Waals surface area contributed by atoms with Crippen LogP contribution in [0.2, 0.25) is 0 Å². The number of hydrogen-bond donors (Lipinski definition) is 0. The Morgan fingerprint density at radius 3 is 2.34 bits per heavy atom. The molecule has 2 nitrogen and oxygen atoms in total. The van der Waals surface area contributed by atoms with E-state index in [1.807, 2.05) is 0 Å². The van der Waals surface area contributed by atoms with Gasteiger partial charge in [0.1, 0.15) is 11.3 Å². The van der Waals surface area contributed by atoms with E-state index >= 15 is 0 Å². The van der Waals surface area contributed by atoms with E-state index in [4.69, 9.17) is 4.42 Å². The second-order valence-corrected chi connectivity index (χ2v) is 12.8. The van der Waals surface area contributed by atoms with Crippen molar-refractivity contribution in [3.8, 4) is 0 Å². The zero-order valence-corrected chi connectivity index (χ0v) is 24.0. The van der Waals surface area contributed by atoms with Crippen LogP contribution in [0.25, 0.3) is 83.5 Å². The van der Waals surface area contributed by atoms with Crippen molar-refractivity contribution in [1.29, 1.82) is 0 Å². The SMILES string of the molecule is C1=CC2C=c3c(n4c5cc6cc(C7=Cc8c(oc9cc%10ccccc%10cc89)CC7)ccc6cc5c5cccc3c54)=CC2C=C1. The van der Waals surface area contributed by atoms with Crippen LogP contribution in [-0.4, -0.2) is 4.40 Å². The van der Waals surface area contributed by atoms with Crippen molar-refractivity contribution >= 4 is 83.5 Å². The number of aryl methyl sites for hydroxylation is 1. The standard InChI is InChI=1S/C42H27NO/c1-3-8-26-21-38-34(17-24(26)6-1)32-10-5-11-33-35-18-30-13-12-28(16-31(30)22-39(35)43(38)42(32)33)29-14-15-40-36(20-29)37-19-25-7-2-4-9-27(25)23-41(37)44-40/h1-13,16-24,26H,14-15H2. The normalized spacial score (nSPS) is 19.0. The molecule has 11 rings (SSSR count). The van der Waals surface area contributed by atoms with Gasteiger partial charge in [0.15, 0.2) is 0 Å². The summed E-state index contributed by atoms with van der Waals surface area (Å²) in [7, 11) is 0. The van der Waals surface area contributed by atoms with Gasteiger partial charge in [-0.1, -0.05) is 91.1 Å². The highest BCUT2D eigenvalue weighted by atomic mass is 16.3. The number of hydrogen-bond acceptors (Lipinski definition) is 1. The van der Waals surface area contributed by atoms with Crippen LogP contribution in [0.15, 0.2) is 114 Å². The molecule has 0 spiro atoms. The third-order valence-corrected chi connectivity index (χ3v) is 10.5. The lowest BCUT2D eigenvalue weighted by Gasteiger charge is -2.20. The Kier molecular flexibility index (Phi) is 4.31. The van der Waals surface area contributed by atoms with E-state index in [1.54, 1.807) is 0 Å². The van der Waals surface area contributed by atoms with Gasteiger partial charge < -0.3 is 8.82 Å². The fraction of sp³-hybridized carbons (Fsp3) is 0.0952. The molecule has 3 heterocycles. The van der Waals surface area contributed by atoms with Gasteiger partial charge in [-0.15, -0.1) is 0 Å².